The maximum atomic E-state index is 11.6. The molecule has 1 aliphatic rings. The second-order valence-electron chi connectivity index (χ2n) is 4.91. The molecule has 2 rings (SSSR count). The summed E-state index contributed by atoms with van der Waals surface area (Å²) in [5.74, 6) is -0.166. The van der Waals surface area contributed by atoms with Crippen LogP contribution in [0.3, 0.4) is 0 Å². The van der Waals surface area contributed by atoms with E-state index in [4.69, 9.17) is 4.42 Å². The minimum absolute atomic E-state index is 0.173. The van der Waals surface area contributed by atoms with Gasteiger partial charge in [-0.15, -0.1) is 0 Å². The van der Waals surface area contributed by atoms with Crippen molar-refractivity contribution in [1.29, 1.82) is 0 Å². The Kier molecular flexibility index (Phi) is 4.09. The molecule has 0 spiro atoms. The Hall–Kier alpha value is -1.98. The maximum absolute atomic E-state index is 11.6. The Morgan fingerprint density at radius 1 is 1.32 bits per heavy atom. The minimum Gasteiger partial charge on any atom is -0.481 e. The molecule has 3 N–H and O–H groups in total. The Bertz CT molecular complexity index is 436. The second-order valence-corrected chi connectivity index (χ2v) is 4.91. The first-order chi connectivity index (χ1) is 9.12. The fourth-order valence-corrected chi connectivity index (χ4v) is 2.41. The van der Waals surface area contributed by atoms with E-state index in [1.165, 1.54) is 6.26 Å². The van der Waals surface area contributed by atoms with Gasteiger partial charge in [0.05, 0.1) is 18.2 Å². The number of urea groups is 1. The number of carboxylic acid groups (broad SMARTS) is 1. The average Bonchev–Trinajstić information content (AvgIpc) is 3.05. The van der Waals surface area contributed by atoms with E-state index in [0.717, 1.165) is 12.8 Å². The molecule has 1 saturated carbocycles. The van der Waals surface area contributed by atoms with Crippen LogP contribution in [0.25, 0.3) is 0 Å². The van der Waals surface area contributed by atoms with Crippen LogP contribution in [-0.2, 0) is 11.3 Å². The monoisotopic (exact) mass is 266 g/mol. The van der Waals surface area contributed by atoms with E-state index in [-0.39, 0.29) is 12.6 Å². The third kappa shape index (κ3) is 3.27. The van der Waals surface area contributed by atoms with Crippen LogP contribution in [0.2, 0.25) is 0 Å². The standard InChI is InChI=1S/C13H18N2O4/c16-11(17)13(5-1-2-6-13)9-15-12(18)14-8-10-4-3-7-19-10/h3-4,7H,1-2,5-6,8-9H2,(H,16,17)(H2,14,15,18). The van der Waals surface area contributed by atoms with E-state index in [1.54, 1.807) is 12.1 Å². The first-order valence-corrected chi connectivity index (χ1v) is 6.40. The maximum Gasteiger partial charge on any atom is 0.315 e. The van der Waals surface area contributed by atoms with Crippen LogP contribution < -0.4 is 10.6 Å². The van der Waals surface area contributed by atoms with E-state index < -0.39 is 11.4 Å². The topological polar surface area (TPSA) is 91.6 Å². The predicted molar refractivity (Wildman–Crippen MR) is 67.5 cm³/mol. The van der Waals surface area contributed by atoms with Crippen molar-refractivity contribution in [2.45, 2.75) is 32.2 Å². The quantitative estimate of drug-likeness (QED) is 0.756. The number of aliphatic carboxylic acids is 1. The van der Waals surface area contributed by atoms with Gasteiger partial charge in [-0.25, -0.2) is 4.79 Å². The highest BCUT2D eigenvalue weighted by Gasteiger charge is 2.41. The molecule has 1 aromatic rings. The van der Waals surface area contributed by atoms with Crippen molar-refractivity contribution in [3.8, 4) is 0 Å². The number of rotatable bonds is 5. The number of carbonyl (C=O) groups is 2. The molecule has 19 heavy (non-hydrogen) atoms. The van der Waals surface area contributed by atoms with Crippen LogP contribution in [0.5, 0.6) is 0 Å². The summed E-state index contributed by atoms with van der Waals surface area (Å²) in [4.78, 5) is 22.9. The van der Waals surface area contributed by atoms with Gasteiger partial charge in [0.2, 0.25) is 0 Å². The van der Waals surface area contributed by atoms with Crippen molar-refractivity contribution in [3.63, 3.8) is 0 Å². The summed E-state index contributed by atoms with van der Waals surface area (Å²) < 4.78 is 5.08. The summed E-state index contributed by atoms with van der Waals surface area (Å²) in [6.07, 6.45) is 4.60. The molecule has 1 heterocycles. The highest BCUT2D eigenvalue weighted by molar-refractivity contribution is 5.78. The molecule has 0 saturated heterocycles. The molecule has 0 bridgehead atoms. The van der Waals surface area contributed by atoms with Crippen molar-refractivity contribution in [2.75, 3.05) is 6.54 Å². The Labute approximate surface area is 111 Å². The smallest absolute Gasteiger partial charge is 0.315 e. The number of carbonyl (C=O) groups excluding carboxylic acids is 1. The molecule has 6 heteroatoms. The van der Waals surface area contributed by atoms with E-state index >= 15 is 0 Å². The van der Waals surface area contributed by atoms with Crippen molar-refractivity contribution < 1.29 is 19.1 Å². The molecule has 6 nitrogen and oxygen atoms in total. The van der Waals surface area contributed by atoms with Gasteiger partial charge in [0.15, 0.2) is 0 Å². The lowest BCUT2D eigenvalue weighted by atomic mass is 9.86. The second kappa shape index (κ2) is 5.77. The summed E-state index contributed by atoms with van der Waals surface area (Å²) in [6, 6.07) is 3.13. The van der Waals surface area contributed by atoms with Crippen molar-refractivity contribution >= 4 is 12.0 Å². The van der Waals surface area contributed by atoms with Crippen LogP contribution in [0.15, 0.2) is 22.8 Å². The van der Waals surface area contributed by atoms with Gasteiger partial charge in [0.25, 0.3) is 0 Å². The van der Waals surface area contributed by atoms with E-state index in [0.29, 0.717) is 25.1 Å². The van der Waals surface area contributed by atoms with E-state index in [9.17, 15) is 14.7 Å². The van der Waals surface area contributed by atoms with Gasteiger partial charge in [-0.05, 0) is 25.0 Å². The number of nitrogens with one attached hydrogen (secondary N) is 2. The van der Waals surface area contributed by atoms with Crippen LogP contribution >= 0.6 is 0 Å². The average molecular weight is 266 g/mol. The zero-order chi connectivity index (χ0) is 13.7. The van der Waals surface area contributed by atoms with Crippen molar-refractivity contribution in [1.82, 2.24) is 10.6 Å². The van der Waals surface area contributed by atoms with Gasteiger partial charge < -0.3 is 20.2 Å². The summed E-state index contributed by atoms with van der Waals surface area (Å²) in [7, 11) is 0. The van der Waals surface area contributed by atoms with Gasteiger partial charge in [0.1, 0.15) is 5.76 Å². The molecule has 1 aromatic heterocycles. The number of carboxylic acids is 1. The van der Waals surface area contributed by atoms with Crippen molar-refractivity contribution in [2.24, 2.45) is 5.41 Å². The predicted octanol–water partition coefficient (Wildman–Crippen LogP) is 1.72. The van der Waals surface area contributed by atoms with Crippen molar-refractivity contribution in [3.05, 3.63) is 24.2 Å². The molecule has 1 aliphatic carbocycles. The molecular weight excluding hydrogens is 248 g/mol. The Balaban J connectivity index is 1.77. The lowest BCUT2D eigenvalue weighted by Gasteiger charge is -2.23. The van der Waals surface area contributed by atoms with Gasteiger partial charge in [-0.3, -0.25) is 4.79 Å². The highest BCUT2D eigenvalue weighted by Crippen LogP contribution is 2.37. The minimum atomic E-state index is -0.823. The van der Waals surface area contributed by atoms with Gasteiger partial charge in [0, 0.05) is 6.54 Å². The molecule has 0 aliphatic heterocycles. The van der Waals surface area contributed by atoms with Gasteiger partial charge in [-0.2, -0.15) is 0 Å². The first kappa shape index (κ1) is 13.5. The first-order valence-electron chi connectivity index (χ1n) is 6.40. The lowest BCUT2D eigenvalue weighted by Crippen LogP contribution is -2.44. The van der Waals surface area contributed by atoms with Gasteiger partial charge >= 0.3 is 12.0 Å². The number of hydrogen-bond donors (Lipinski definition) is 3. The zero-order valence-electron chi connectivity index (χ0n) is 10.6. The van der Waals surface area contributed by atoms with Crippen LogP contribution in [0.1, 0.15) is 31.4 Å². The SMILES string of the molecule is O=C(NCc1ccco1)NCC1(C(=O)O)CCCC1. The third-order valence-electron chi connectivity index (χ3n) is 3.60. The lowest BCUT2D eigenvalue weighted by molar-refractivity contribution is -0.148. The molecule has 104 valence electrons. The fourth-order valence-electron chi connectivity index (χ4n) is 2.41. The number of furan rings is 1. The number of amides is 2. The summed E-state index contributed by atoms with van der Waals surface area (Å²) in [5.41, 5.74) is -0.790. The Morgan fingerprint density at radius 3 is 2.63 bits per heavy atom. The molecule has 0 aromatic carbocycles. The highest BCUT2D eigenvalue weighted by atomic mass is 16.4. The van der Waals surface area contributed by atoms with Crippen LogP contribution in [0.4, 0.5) is 4.79 Å². The summed E-state index contributed by atoms with van der Waals surface area (Å²) in [5, 5.41) is 14.5. The van der Waals surface area contributed by atoms with E-state index in [1.807, 2.05) is 0 Å². The zero-order valence-corrected chi connectivity index (χ0v) is 10.6. The molecule has 2 amide bonds. The van der Waals surface area contributed by atoms with E-state index in [2.05, 4.69) is 10.6 Å². The normalized spacial score (nSPS) is 17.1. The summed E-state index contributed by atoms with van der Waals surface area (Å²) >= 11 is 0. The molecular formula is C13H18N2O4. The third-order valence-corrected chi connectivity index (χ3v) is 3.60. The molecule has 0 radical (unpaired) electrons. The molecule has 0 atom stereocenters. The molecule has 1 fully saturated rings. The van der Waals surface area contributed by atoms with Gasteiger partial charge in [-0.1, -0.05) is 12.8 Å². The Morgan fingerprint density at radius 2 is 2.05 bits per heavy atom. The van der Waals surface area contributed by atoms with Crippen LogP contribution in [-0.4, -0.2) is 23.7 Å². The van der Waals surface area contributed by atoms with Crippen LogP contribution in [0, 0.1) is 5.41 Å². The fraction of sp³-hybridized carbons (Fsp3) is 0.538. The number of hydrogen-bond acceptors (Lipinski definition) is 3. The molecule has 0 unspecified atom stereocenters. The summed E-state index contributed by atoms with van der Waals surface area (Å²) in [6.45, 7) is 0.464. The largest absolute Gasteiger partial charge is 0.481 e.